The average Bonchev–Trinajstić information content (AvgIpc) is 3.23. The van der Waals surface area contributed by atoms with Crippen LogP contribution in [0, 0.1) is 13.8 Å². The predicted octanol–water partition coefficient (Wildman–Crippen LogP) is 1.35. The number of nitrogens with one attached hydrogen (secondary N) is 2. The number of anilines is 2. The standard InChI is InChI=1S/C17H26N6O2/c1-11-12(2)23(3)16(20-11)9-19-15-8-14(13-4-7-25-10-13)21-17(22-15)18-5-6-24/h8,13,24H,4-7,9-10H2,1-3H3,(H2,18,19,21,22)/t13-/m0/s1. The first-order valence-corrected chi connectivity index (χ1v) is 8.62. The smallest absolute Gasteiger partial charge is 0.224 e. The predicted molar refractivity (Wildman–Crippen MR) is 95.8 cm³/mol. The van der Waals surface area contributed by atoms with Crippen LogP contribution in [0.3, 0.4) is 0 Å². The van der Waals surface area contributed by atoms with Crippen LogP contribution < -0.4 is 10.6 Å². The molecule has 2 aromatic heterocycles. The van der Waals surface area contributed by atoms with Gasteiger partial charge in [0, 0.05) is 37.9 Å². The van der Waals surface area contributed by atoms with Gasteiger partial charge in [-0.3, -0.25) is 0 Å². The molecule has 8 nitrogen and oxygen atoms in total. The Bertz CT molecular complexity index is 724. The van der Waals surface area contributed by atoms with Crippen molar-refractivity contribution in [1.29, 1.82) is 0 Å². The van der Waals surface area contributed by atoms with Gasteiger partial charge in [0.15, 0.2) is 0 Å². The van der Waals surface area contributed by atoms with Crippen LogP contribution in [0.1, 0.15) is 35.2 Å². The highest BCUT2D eigenvalue weighted by atomic mass is 16.5. The molecule has 0 radical (unpaired) electrons. The molecule has 25 heavy (non-hydrogen) atoms. The van der Waals surface area contributed by atoms with Crippen LogP contribution in [-0.2, 0) is 18.3 Å². The second-order valence-corrected chi connectivity index (χ2v) is 6.32. The van der Waals surface area contributed by atoms with E-state index in [4.69, 9.17) is 9.84 Å². The number of rotatable bonds is 7. The van der Waals surface area contributed by atoms with Gasteiger partial charge < -0.3 is 25.0 Å². The Morgan fingerprint density at radius 1 is 1.28 bits per heavy atom. The fourth-order valence-corrected chi connectivity index (χ4v) is 2.89. The first-order valence-electron chi connectivity index (χ1n) is 8.62. The van der Waals surface area contributed by atoms with E-state index >= 15 is 0 Å². The van der Waals surface area contributed by atoms with Crippen LogP contribution in [0.15, 0.2) is 6.07 Å². The quantitative estimate of drug-likeness (QED) is 0.696. The van der Waals surface area contributed by atoms with Crippen LogP contribution in [0.4, 0.5) is 11.8 Å². The van der Waals surface area contributed by atoms with E-state index in [9.17, 15) is 0 Å². The minimum absolute atomic E-state index is 0.0364. The van der Waals surface area contributed by atoms with E-state index in [1.165, 1.54) is 0 Å². The van der Waals surface area contributed by atoms with Gasteiger partial charge in [-0.15, -0.1) is 0 Å². The Hall–Kier alpha value is -2.19. The zero-order chi connectivity index (χ0) is 17.8. The maximum Gasteiger partial charge on any atom is 0.224 e. The van der Waals surface area contributed by atoms with Crippen molar-refractivity contribution in [1.82, 2.24) is 19.5 Å². The summed E-state index contributed by atoms with van der Waals surface area (Å²) in [5, 5.41) is 15.4. The first-order chi connectivity index (χ1) is 12.1. The second-order valence-electron chi connectivity index (χ2n) is 6.32. The van der Waals surface area contributed by atoms with Gasteiger partial charge in [0.2, 0.25) is 5.95 Å². The molecular formula is C17H26N6O2. The third kappa shape index (κ3) is 4.08. The molecule has 136 valence electrons. The van der Waals surface area contributed by atoms with E-state index in [-0.39, 0.29) is 12.5 Å². The van der Waals surface area contributed by atoms with E-state index < -0.39 is 0 Å². The Morgan fingerprint density at radius 2 is 2.12 bits per heavy atom. The Kier molecular flexibility index (Phi) is 5.50. The lowest BCUT2D eigenvalue weighted by molar-refractivity contribution is 0.193. The lowest BCUT2D eigenvalue weighted by Crippen LogP contribution is -2.14. The van der Waals surface area contributed by atoms with Gasteiger partial charge >= 0.3 is 0 Å². The number of imidazole rings is 1. The zero-order valence-electron chi connectivity index (χ0n) is 15.0. The van der Waals surface area contributed by atoms with Crippen LogP contribution >= 0.6 is 0 Å². The molecule has 3 N–H and O–H groups in total. The summed E-state index contributed by atoms with van der Waals surface area (Å²) in [6, 6.07) is 1.98. The molecule has 0 saturated carbocycles. The summed E-state index contributed by atoms with van der Waals surface area (Å²) in [4.78, 5) is 13.6. The Balaban J connectivity index is 1.78. The van der Waals surface area contributed by atoms with Crippen molar-refractivity contribution in [2.45, 2.75) is 32.7 Å². The molecule has 8 heteroatoms. The highest BCUT2D eigenvalue weighted by Crippen LogP contribution is 2.26. The number of hydrogen-bond donors (Lipinski definition) is 3. The third-order valence-corrected chi connectivity index (χ3v) is 4.63. The van der Waals surface area contributed by atoms with E-state index in [1.807, 2.05) is 20.0 Å². The fraction of sp³-hybridized carbons (Fsp3) is 0.588. The highest BCUT2D eigenvalue weighted by Gasteiger charge is 2.21. The monoisotopic (exact) mass is 346 g/mol. The van der Waals surface area contributed by atoms with Crippen LogP contribution in [0.25, 0.3) is 0 Å². The number of aliphatic hydroxyl groups is 1. The molecule has 0 amide bonds. The van der Waals surface area contributed by atoms with Crippen molar-refractivity contribution in [2.75, 3.05) is 37.0 Å². The number of aliphatic hydroxyl groups excluding tert-OH is 1. The number of ether oxygens (including phenoxy) is 1. The molecule has 0 bridgehead atoms. The summed E-state index contributed by atoms with van der Waals surface area (Å²) < 4.78 is 7.56. The van der Waals surface area contributed by atoms with Gasteiger partial charge in [-0.1, -0.05) is 0 Å². The molecule has 1 aliphatic rings. The van der Waals surface area contributed by atoms with Gasteiger partial charge in [0.05, 0.1) is 31.1 Å². The highest BCUT2D eigenvalue weighted by molar-refractivity contribution is 5.43. The van der Waals surface area contributed by atoms with Crippen molar-refractivity contribution in [2.24, 2.45) is 7.05 Å². The fourth-order valence-electron chi connectivity index (χ4n) is 2.89. The van der Waals surface area contributed by atoms with Gasteiger partial charge in [-0.25, -0.2) is 9.97 Å². The van der Waals surface area contributed by atoms with E-state index in [2.05, 4.69) is 37.1 Å². The Morgan fingerprint density at radius 3 is 2.76 bits per heavy atom. The average molecular weight is 346 g/mol. The van der Waals surface area contributed by atoms with E-state index in [1.54, 1.807) is 0 Å². The SMILES string of the molecule is Cc1nc(CNc2cc([C@H]3CCOC3)nc(NCCO)n2)n(C)c1C. The number of aryl methyl sites for hydroxylation is 1. The van der Waals surface area contributed by atoms with Gasteiger partial charge in [-0.05, 0) is 20.3 Å². The molecule has 1 atom stereocenters. The number of nitrogens with zero attached hydrogens (tertiary/aromatic N) is 4. The lowest BCUT2D eigenvalue weighted by Gasteiger charge is -2.13. The number of hydrogen-bond acceptors (Lipinski definition) is 7. The first kappa shape index (κ1) is 17.6. The lowest BCUT2D eigenvalue weighted by atomic mass is 10.0. The summed E-state index contributed by atoms with van der Waals surface area (Å²) in [5.74, 6) is 2.52. The summed E-state index contributed by atoms with van der Waals surface area (Å²) >= 11 is 0. The Labute approximate surface area is 147 Å². The maximum atomic E-state index is 9.02. The summed E-state index contributed by atoms with van der Waals surface area (Å²) in [6.07, 6.45) is 0.966. The van der Waals surface area contributed by atoms with Crippen molar-refractivity contribution >= 4 is 11.8 Å². The van der Waals surface area contributed by atoms with Crippen molar-refractivity contribution in [3.63, 3.8) is 0 Å². The van der Waals surface area contributed by atoms with Crippen molar-refractivity contribution in [3.8, 4) is 0 Å². The maximum absolute atomic E-state index is 9.02. The molecule has 1 aliphatic heterocycles. The topological polar surface area (TPSA) is 97.1 Å². The minimum atomic E-state index is 0.0364. The zero-order valence-corrected chi connectivity index (χ0v) is 15.0. The van der Waals surface area contributed by atoms with Gasteiger partial charge in [0.1, 0.15) is 11.6 Å². The molecule has 2 aromatic rings. The van der Waals surface area contributed by atoms with Gasteiger partial charge in [0.25, 0.3) is 0 Å². The molecule has 1 fully saturated rings. The van der Waals surface area contributed by atoms with Crippen LogP contribution in [0.5, 0.6) is 0 Å². The summed E-state index contributed by atoms with van der Waals surface area (Å²) in [6.45, 7) is 6.57. The molecule has 1 saturated heterocycles. The van der Waals surface area contributed by atoms with Crippen molar-refractivity contribution in [3.05, 3.63) is 29.0 Å². The van der Waals surface area contributed by atoms with Gasteiger partial charge in [-0.2, -0.15) is 4.98 Å². The molecule has 3 rings (SSSR count). The number of aromatic nitrogens is 4. The molecule has 3 heterocycles. The summed E-state index contributed by atoms with van der Waals surface area (Å²) in [5.41, 5.74) is 3.16. The van der Waals surface area contributed by atoms with E-state index in [0.29, 0.717) is 25.6 Å². The molecule has 0 aromatic carbocycles. The van der Waals surface area contributed by atoms with Crippen molar-refractivity contribution < 1.29 is 9.84 Å². The molecule has 0 spiro atoms. The minimum Gasteiger partial charge on any atom is -0.395 e. The van der Waals surface area contributed by atoms with Crippen LogP contribution in [0.2, 0.25) is 0 Å². The largest absolute Gasteiger partial charge is 0.395 e. The second kappa shape index (κ2) is 7.79. The van der Waals surface area contributed by atoms with E-state index in [0.717, 1.165) is 41.8 Å². The van der Waals surface area contributed by atoms with Crippen LogP contribution in [-0.4, -0.2) is 51.0 Å². The molecule has 0 unspecified atom stereocenters. The normalized spacial score (nSPS) is 17.0. The third-order valence-electron chi connectivity index (χ3n) is 4.63. The molecule has 0 aliphatic carbocycles. The summed E-state index contributed by atoms with van der Waals surface area (Å²) in [7, 11) is 2.02. The molecular weight excluding hydrogens is 320 g/mol.